The molecular weight excluding hydrogens is 336 g/mol. The largest absolute Gasteiger partial charge is 0.375 e. The molecule has 0 amide bonds. The van der Waals surface area contributed by atoms with Crippen LogP contribution in [0.15, 0.2) is 30.5 Å². The van der Waals surface area contributed by atoms with E-state index in [-0.39, 0.29) is 5.60 Å². The minimum absolute atomic E-state index is 0.000517. The van der Waals surface area contributed by atoms with Crippen molar-refractivity contribution in [2.24, 2.45) is 0 Å². The highest BCUT2D eigenvalue weighted by atomic mass is 16.5. The van der Waals surface area contributed by atoms with Gasteiger partial charge in [-0.15, -0.1) is 0 Å². The van der Waals surface area contributed by atoms with E-state index in [1.54, 1.807) is 0 Å². The Hall–Kier alpha value is -1.72. The first kappa shape index (κ1) is 21.6. The van der Waals surface area contributed by atoms with E-state index >= 15 is 0 Å². The second-order valence-corrected chi connectivity index (χ2v) is 7.65. The Kier molecular flexibility index (Phi) is 8.95. The quantitative estimate of drug-likeness (QED) is 0.498. The molecule has 150 valence electrons. The maximum atomic E-state index is 6.29. The van der Waals surface area contributed by atoms with Gasteiger partial charge in [0.25, 0.3) is 0 Å². The van der Waals surface area contributed by atoms with Gasteiger partial charge in [0, 0.05) is 36.7 Å². The molecule has 2 rings (SSSR count). The highest BCUT2D eigenvalue weighted by molar-refractivity contribution is 5.10. The average Bonchev–Trinajstić information content (AvgIpc) is 3.10. The van der Waals surface area contributed by atoms with E-state index in [1.807, 2.05) is 19.2 Å². The van der Waals surface area contributed by atoms with Crippen molar-refractivity contribution >= 4 is 0 Å². The summed E-state index contributed by atoms with van der Waals surface area (Å²) in [6.45, 7) is 11.2. The fourth-order valence-corrected chi connectivity index (χ4v) is 3.44. The molecule has 0 aromatic carbocycles. The molecule has 2 aromatic rings. The predicted molar refractivity (Wildman–Crippen MR) is 111 cm³/mol. The van der Waals surface area contributed by atoms with Gasteiger partial charge >= 0.3 is 0 Å². The highest BCUT2D eigenvalue weighted by Crippen LogP contribution is 2.25. The summed E-state index contributed by atoms with van der Waals surface area (Å²) < 4.78 is 6.29. The third-order valence-electron chi connectivity index (χ3n) is 5.28. The normalized spacial score (nSPS) is 14.8. The number of hydrogen-bond acceptors (Lipinski definition) is 4. The molecule has 0 bridgehead atoms. The third-order valence-corrected chi connectivity index (χ3v) is 5.28. The Morgan fingerprint density at radius 3 is 2.74 bits per heavy atom. The van der Waals surface area contributed by atoms with Gasteiger partial charge < -0.3 is 10.1 Å². The molecule has 27 heavy (non-hydrogen) atoms. The number of ether oxygens (including phenoxy) is 1. The van der Waals surface area contributed by atoms with Crippen LogP contribution in [-0.4, -0.2) is 33.9 Å². The molecule has 0 spiro atoms. The van der Waals surface area contributed by atoms with Crippen molar-refractivity contribution < 1.29 is 4.74 Å². The van der Waals surface area contributed by atoms with Crippen molar-refractivity contribution in [2.75, 3.05) is 13.2 Å². The van der Waals surface area contributed by atoms with Crippen LogP contribution in [0.3, 0.4) is 0 Å². The minimum atomic E-state index is -0.000517. The summed E-state index contributed by atoms with van der Waals surface area (Å²) in [5.41, 5.74) is 3.32. The first-order chi connectivity index (χ1) is 13.1. The van der Waals surface area contributed by atoms with Gasteiger partial charge in [0.05, 0.1) is 11.3 Å². The number of pyridine rings is 1. The number of aromatic amines is 1. The molecular formula is C22H36N4O. The highest BCUT2D eigenvalue weighted by Gasteiger charge is 2.22. The van der Waals surface area contributed by atoms with Crippen molar-refractivity contribution in [3.05, 3.63) is 47.5 Å². The van der Waals surface area contributed by atoms with Gasteiger partial charge in [-0.2, -0.15) is 5.10 Å². The lowest BCUT2D eigenvalue weighted by molar-refractivity contribution is -0.0437. The van der Waals surface area contributed by atoms with Gasteiger partial charge in [0.15, 0.2) is 0 Å². The van der Waals surface area contributed by atoms with Crippen molar-refractivity contribution in [1.82, 2.24) is 20.5 Å². The second kappa shape index (κ2) is 11.2. The van der Waals surface area contributed by atoms with E-state index in [2.05, 4.69) is 59.5 Å². The molecule has 2 aromatic heterocycles. The lowest BCUT2D eigenvalue weighted by atomic mass is 9.95. The molecule has 0 aliphatic rings. The summed E-state index contributed by atoms with van der Waals surface area (Å²) in [5, 5.41) is 10.8. The Morgan fingerprint density at radius 2 is 2.11 bits per heavy atom. The number of aryl methyl sites for hydroxylation is 1. The SMILES string of the molecule is CCCC(C)(CC)OCC[C@@H](CCNCc1cc(C)[nH]n1)c1ccccn1. The van der Waals surface area contributed by atoms with E-state index in [4.69, 9.17) is 4.74 Å². The molecule has 0 aliphatic carbocycles. The molecule has 0 fully saturated rings. The van der Waals surface area contributed by atoms with Gasteiger partial charge in [-0.25, -0.2) is 0 Å². The Morgan fingerprint density at radius 1 is 1.26 bits per heavy atom. The van der Waals surface area contributed by atoms with Crippen molar-refractivity contribution in [2.45, 2.75) is 77.9 Å². The van der Waals surface area contributed by atoms with E-state index in [0.717, 1.165) is 68.9 Å². The zero-order valence-corrected chi connectivity index (χ0v) is 17.4. The van der Waals surface area contributed by atoms with Crippen LogP contribution in [-0.2, 0) is 11.3 Å². The molecule has 0 aliphatic heterocycles. The van der Waals surface area contributed by atoms with E-state index in [0.29, 0.717) is 5.92 Å². The maximum absolute atomic E-state index is 6.29. The molecule has 5 nitrogen and oxygen atoms in total. The van der Waals surface area contributed by atoms with Gasteiger partial charge in [-0.3, -0.25) is 10.1 Å². The van der Waals surface area contributed by atoms with Crippen LogP contribution in [0, 0.1) is 6.92 Å². The number of nitrogens with one attached hydrogen (secondary N) is 2. The van der Waals surface area contributed by atoms with Crippen molar-refractivity contribution in [3.63, 3.8) is 0 Å². The summed E-state index contributed by atoms with van der Waals surface area (Å²) >= 11 is 0. The standard InChI is InChI=1S/C22H36N4O/c1-5-12-22(4,6-2)27-15-11-19(21-9-7-8-13-24-21)10-14-23-17-20-16-18(3)25-26-20/h7-9,13,16,19,23H,5-6,10-12,14-15,17H2,1-4H3,(H,25,26)/t19-,22?/m1/s1. The van der Waals surface area contributed by atoms with Crippen molar-refractivity contribution in [3.8, 4) is 0 Å². The zero-order chi connectivity index (χ0) is 19.5. The fraction of sp³-hybridized carbons (Fsp3) is 0.636. The van der Waals surface area contributed by atoms with Gasteiger partial charge in [-0.1, -0.05) is 26.3 Å². The number of rotatable bonds is 13. The van der Waals surface area contributed by atoms with E-state index < -0.39 is 0 Å². The van der Waals surface area contributed by atoms with Crippen LogP contribution in [0.5, 0.6) is 0 Å². The number of H-pyrrole nitrogens is 1. The molecule has 0 saturated heterocycles. The Balaban J connectivity index is 1.84. The lowest BCUT2D eigenvalue weighted by Crippen LogP contribution is -2.28. The summed E-state index contributed by atoms with van der Waals surface area (Å²) in [4.78, 5) is 4.59. The number of aromatic nitrogens is 3. The molecule has 5 heteroatoms. The molecule has 0 radical (unpaired) electrons. The topological polar surface area (TPSA) is 62.8 Å². The summed E-state index contributed by atoms with van der Waals surface area (Å²) in [7, 11) is 0. The van der Waals surface area contributed by atoms with E-state index in [1.165, 1.54) is 0 Å². The minimum Gasteiger partial charge on any atom is -0.375 e. The van der Waals surface area contributed by atoms with Crippen molar-refractivity contribution in [1.29, 1.82) is 0 Å². The summed E-state index contributed by atoms with van der Waals surface area (Å²) in [5.74, 6) is 0.405. The van der Waals surface area contributed by atoms with Crippen LogP contribution in [0.1, 0.15) is 75.9 Å². The molecule has 0 saturated carbocycles. The lowest BCUT2D eigenvalue weighted by Gasteiger charge is -2.29. The fourth-order valence-electron chi connectivity index (χ4n) is 3.44. The van der Waals surface area contributed by atoms with Gasteiger partial charge in [0.2, 0.25) is 0 Å². The molecule has 2 heterocycles. The van der Waals surface area contributed by atoms with Crippen LogP contribution in [0.25, 0.3) is 0 Å². The van der Waals surface area contributed by atoms with Crippen LogP contribution < -0.4 is 5.32 Å². The molecule has 2 N–H and O–H groups in total. The summed E-state index contributed by atoms with van der Waals surface area (Å²) in [6.07, 6.45) is 7.25. The zero-order valence-electron chi connectivity index (χ0n) is 17.4. The first-order valence-electron chi connectivity index (χ1n) is 10.3. The average molecular weight is 373 g/mol. The van der Waals surface area contributed by atoms with Gasteiger partial charge in [0.1, 0.15) is 0 Å². The number of hydrogen-bond donors (Lipinski definition) is 2. The maximum Gasteiger partial charge on any atom is 0.0762 e. The van der Waals surface area contributed by atoms with E-state index in [9.17, 15) is 0 Å². The van der Waals surface area contributed by atoms with Gasteiger partial charge in [-0.05, 0) is 64.3 Å². The smallest absolute Gasteiger partial charge is 0.0762 e. The number of nitrogens with zero attached hydrogens (tertiary/aromatic N) is 2. The van der Waals surface area contributed by atoms with Crippen LogP contribution >= 0.6 is 0 Å². The Bertz CT molecular complexity index is 643. The predicted octanol–water partition coefficient (Wildman–Crippen LogP) is 4.75. The molecule has 2 atom stereocenters. The first-order valence-corrected chi connectivity index (χ1v) is 10.3. The third kappa shape index (κ3) is 7.43. The summed E-state index contributed by atoms with van der Waals surface area (Å²) in [6, 6.07) is 8.26. The second-order valence-electron chi connectivity index (χ2n) is 7.65. The Labute approximate surface area is 164 Å². The molecule has 1 unspecified atom stereocenters. The van der Waals surface area contributed by atoms with Crippen LogP contribution in [0.4, 0.5) is 0 Å². The monoisotopic (exact) mass is 372 g/mol. The van der Waals surface area contributed by atoms with Crippen LogP contribution in [0.2, 0.25) is 0 Å².